The lowest BCUT2D eigenvalue weighted by atomic mass is 9.96. The van der Waals surface area contributed by atoms with Gasteiger partial charge in [0.25, 0.3) is 17.5 Å². The minimum atomic E-state index is -0.599. The fourth-order valence-electron chi connectivity index (χ4n) is 3.20. The van der Waals surface area contributed by atoms with Crippen LogP contribution in [0.4, 0.5) is 5.69 Å². The van der Waals surface area contributed by atoms with E-state index >= 15 is 0 Å². The molecule has 0 radical (unpaired) electrons. The normalized spacial score (nSPS) is 15.0. The number of benzene rings is 1. The van der Waals surface area contributed by atoms with Gasteiger partial charge in [-0.2, -0.15) is 0 Å². The molecular formula is C18H15ClN4O5. The van der Waals surface area contributed by atoms with E-state index in [1.165, 1.54) is 30.7 Å². The van der Waals surface area contributed by atoms with Crippen LogP contribution in [0.3, 0.4) is 0 Å². The molecule has 1 aromatic carbocycles. The smallest absolute Gasteiger partial charge is 0.288 e. The molecule has 144 valence electrons. The number of piperidine rings is 1. The van der Waals surface area contributed by atoms with Crippen LogP contribution >= 0.6 is 11.6 Å². The molecule has 4 rings (SSSR count). The van der Waals surface area contributed by atoms with Crippen molar-refractivity contribution in [2.75, 3.05) is 13.1 Å². The van der Waals surface area contributed by atoms with Crippen molar-refractivity contribution in [3.63, 3.8) is 0 Å². The van der Waals surface area contributed by atoms with Crippen molar-refractivity contribution in [3.8, 4) is 11.5 Å². The van der Waals surface area contributed by atoms with Gasteiger partial charge >= 0.3 is 0 Å². The second kappa shape index (κ2) is 7.43. The highest BCUT2D eigenvalue weighted by atomic mass is 35.5. The van der Waals surface area contributed by atoms with Crippen LogP contribution in [-0.4, -0.2) is 39.0 Å². The van der Waals surface area contributed by atoms with Gasteiger partial charge in [-0.3, -0.25) is 14.9 Å². The Bertz CT molecular complexity index is 1010. The Morgan fingerprint density at radius 1 is 1.25 bits per heavy atom. The number of rotatable bonds is 4. The topological polar surface area (TPSA) is 116 Å². The summed E-state index contributed by atoms with van der Waals surface area (Å²) in [6.45, 7) is 0.979. The summed E-state index contributed by atoms with van der Waals surface area (Å²) in [4.78, 5) is 24.8. The number of hydrogen-bond acceptors (Lipinski definition) is 7. The van der Waals surface area contributed by atoms with Crippen LogP contribution in [0, 0.1) is 10.1 Å². The number of carbonyl (C=O) groups is 1. The van der Waals surface area contributed by atoms with Crippen LogP contribution in [0.25, 0.3) is 11.5 Å². The van der Waals surface area contributed by atoms with Gasteiger partial charge in [-0.25, -0.2) is 0 Å². The molecule has 0 spiro atoms. The van der Waals surface area contributed by atoms with E-state index in [0.717, 1.165) is 5.56 Å². The first-order valence-electron chi connectivity index (χ1n) is 8.62. The van der Waals surface area contributed by atoms with Gasteiger partial charge in [0.2, 0.25) is 5.89 Å². The van der Waals surface area contributed by atoms with E-state index in [2.05, 4.69) is 10.2 Å². The summed E-state index contributed by atoms with van der Waals surface area (Å²) >= 11 is 5.81. The maximum absolute atomic E-state index is 12.7. The molecule has 2 aromatic heterocycles. The summed E-state index contributed by atoms with van der Waals surface area (Å²) < 4.78 is 10.7. The van der Waals surface area contributed by atoms with Crippen molar-refractivity contribution in [1.82, 2.24) is 15.1 Å². The first-order chi connectivity index (χ1) is 13.5. The highest BCUT2D eigenvalue weighted by Crippen LogP contribution is 2.31. The van der Waals surface area contributed by atoms with Gasteiger partial charge in [-0.1, -0.05) is 11.6 Å². The summed E-state index contributed by atoms with van der Waals surface area (Å²) in [5.41, 5.74) is 0.685. The monoisotopic (exact) mass is 402 g/mol. The molecule has 3 heterocycles. The molecule has 1 fully saturated rings. The molecule has 9 nitrogen and oxygen atoms in total. The van der Waals surface area contributed by atoms with Crippen LogP contribution in [0.5, 0.6) is 0 Å². The summed E-state index contributed by atoms with van der Waals surface area (Å²) in [7, 11) is 0. The average molecular weight is 403 g/mol. The number of nitro benzene ring substituents is 1. The average Bonchev–Trinajstić information content (AvgIpc) is 3.39. The van der Waals surface area contributed by atoms with Gasteiger partial charge in [0, 0.05) is 30.6 Å². The molecule has 1 aliphatic heterocycles. The molecule has 0 unspecified atom stereocenters. The zero-order chi connectivity index (χ0) is 19.7. The van der Waals surface area contributed by atoms with Crippen molar-refractivity contribution in [2.24, 2.45) is 0 Å². The predicted octanol–water partition coefficient (Wildman–Crippen LogP) is 3.91. The Balaban J connectivity index is 1.42. The number of furan rings is 1. The van der Waals surface area contributed by atoms with Crippen molar-refractivity contribution < 1.29 is 18.6 Å². The molecule has 3 aromatic rings. The van der Waals surface area contributed by atoms with Crippen LogP contribution in [0.2, 0.25) is 5.02 Å². The van der Waals surface area contributed by atoms with Crippen LogP contribution in [-0.2, 0) is 0 Å². The lowest BCUT2D eigenvalue weighted by molar-refractivity contribution is -0.384. The standard InChI is InChI=1S/C18H15ClN4O5/c19-14-2-1-12(9-15(14)23(25)26)18(24)22-6-3-11(4-7-22)16-20-21-17(28-16)13-5-8-27-10-13/h1-2,5,8-11H,3-4,6-7H2. The second-order valence-corrected chi connectivity index (χ2v) is 6.85. The fourth-order valence-corrected chi connectivity index (χ4v) is 3.39. The van der Waals surface area contributed by atoms with Crippen molar-refractivity contribution in [1.29, 1.82) is 0 Å². The van der Waals surface area contributed by atoms with Crippen molar-refractivity contribution in [3.05, 3.63) is 63.4 Å². The molecule has 0 N–H and O–H groups in total. The number of aromatic nitrogens is 2. The zero-order valence-corrected chi connectivity index (χ0v) is 15.3. The quantitative estimate of drug-likeness (QED) is 0.479. The Labute approximate surface area is 164 Å². The molecule has 0 bridgehead atoms. The Morgan fingerprint density at radius 3 is 2.71 bits per heavy atom. The molecule has 0 atom stereocenters. The lowest BCUT2D eigenvalue weighted by Crippen LogP contribution is -2.38. The number of amides is 1. The van der Waals surface area contributed by atoms with E-state index in [1.807, 2.05) is 0 Å². The maximum Gasteiger partial charge on any atom is 0.288 e. The molecule has 0 aliphatic carbocycles. The molecule has 1 aliphatic rings. The fraction of sp³-hybridized carbons (Fsp3) is 0.278. The van der Waals surface area contributed by atoms with Gasteiger partial charge in [-0.15, -0.1) is 10.2 Å². The maximum atomic E-state index is 12.7. The first-order valence-corrected chi connectivity index (χ1v) is 9.00. The third kappa shape index (κ3) is 3.48. The molecule has 28 heavy (non-hydrogen) atoms. The highest BCUT2D eigenvalue weighted by molar-refractivity contribution is 6.32. The van der Waals surface area contributed by atoms with Crippen molar-refractivity contribution >= 4 is 23.2 Å². The lowest BCUT2D eigenvalue weighted by Gasteiger charge is -2.30. The Kier molecular flexibility index (Phi) is 4.82. The summed E-state index contributed by atoms with van der Waals surface area (Å²) in [5, 5.41) is 19.2. The van der Waals surface area contributed by atoms with Crippen LogP contribution < -0.4 is 0 Å². The van der Waals surface area contributed by atoms with Gasteiger partial charge in [0.05, 0.1) is 16.7 Å². The zero-order valence-electron chi connectivity index (χ0n) is 14.6. The Morgan fingerprint density at radius 2 is 2.04 bits per heavy atom. The number of hydrogen-bond donors (Lipinski definition) is 0. The van der Waals surface area contributed by atoms with Gasteiger partial charge in [0.1, 0.15) is 11.3 Å². The molecule has 1 amide bonds. The number of nitrogens with zero attached hydrogens (tertiary/aromatic N) is 4. The second-order valence-electron chi connectivity index (χ2n) is 6.45. The largest absolute Gasteiger partial charge is 0.472 e. The summed E-state index contributed by atoms with van der Waals surface area (Å²) in [6.07, 6.45) is 4.39. The van der Waals surface area contributed by atoms with Crippen LogP contribution in [0.15, 0.2) is 45.6 Å². The SMILES string of the molecule is O=C(c1ccc(Cl)c([N+](=O)[O-])c1)N1CCC(c2nnc(-c3ccoc3)o2)CC1. The van der Waals surface area contributed by atoms with Gasteiger partial charge in [-0.05, 0) is 31.0 Å². The number of carbonyl (C=O) groups excluding carboxylic acids is 1. The number of likely N-dealkylation sites (tertiary alicyclic amines) is 1. The van der Waals surface area contributed by atoms with Gasteiger partial charge in [0.15, 0.2) is 0 Å². The van der Waals surface area contributed by atoms with E-state index in [1.54, 1.807) is 11.0 Å². The van der Waals surface area contributed by atoms with E-state index in [4.69, 9.17) is 20.4 Å². The summed E-state index contributed by atoms with van der Waals surface area (Å²) in [6, 6.07) is 5.82. The van der Waals surface area contributed by atoms with Crippen LogP contribution in [0.1, 0.15) is 35.0 Å². The van der Waals surface area contributed by atoms with E-state index in [-0.39, 0.29) is 28.1 Å². The minimum absolute atomic E-state index is 0.00470. The molecular weight excluding hydrogens is 388 g/mol. The highest BCUT2D eigenvalue weighted by Gasteiger charge is 2.29. The van der Waals surface area contributed by atoms with Crippen molar-refractivity contribution in [2.45, 2.75) is 18.8 Å². The molecule has 0 saturated carbocycles. The van der Waals surface area contributed by atoms with E-state index in [9.17, 15) is 14.9 Å². The minimum Gasteiger partial charge on any atom is -0.472 e. The third-order valence-corrected chi connectivity index (χ3v) is 5.05. The third-order valence-electron chi connectivity index (χ3n) is 4.73. The predicted molar refractivity (Wildman–Crippen MR) is 98.0 cm³/mol. The first kappa shape index (κ1) is 18.2. The Hall–Kier alpha value is -3.20. The van der Waals surface area contributed by atoms with Gasteiger partial charge < -0.3 is 13.7 Å². The molecule has 10 heteroatoms. The number of nitro groups is 1. The number of halogens is 1. The van der Waals surface area contributed by atoms with E-state index < -0.39 is 4.92 Å². The van der Waals surface area contributed by atoms with E-state index in [0.29, 0.717) is 37.7 Å². The summed E-state index contributed by atoms with van der Waals surface area (Å²) in [5.74, 6) is 0.723. The molecule has 1 saturated heterocycles.